The number of hydrogen-bond acceptors (Lipinski definition) is 3. The Labute approximate surface area is 165 Å². The highest BCUT2D eigenvalue weighted by molar-refractivity contribution is 5.94. The number of para-hydroxylation sites is 1. The van der Waals surface area contributed by atoms with Gasteiger partial charge in [0.05, 0.1) is 5.92 Å². The van der Waals surface area contributed by atoms with Gasteiger partial charge in [0, 0.05) is 30.5 Å². The van der Waals surface area contributed by atoms with Crippen molar-refractivity contribution in [2.45, 2.75) is 19.2 Å². The molecule has 6 nitrogen and oxygen atoms in total. The molecule has 1 saturated heterocycles. The fourth-order valence-electron chi connectivity index (χ4n) is 3.11. The van der Waals surface area contributed by atoms with E-state index in [1.807, 2.05) is 6.07 Å². The van der Waals surface area contributed by atoms with Crippen LogP contribution in [0.5, 0.6) is 5.75 Å². The molecule has 0 bridgehead atoms. The average Bonchev–Trinajstić information content (AvgIpc) is 2.68. The number of halogens is 3. The van der Waals surface area contributed by atoms with Crippen LogP contribution in [0.15, 0.2) is 54.6 Å². The van der Waals surface area contributed by atoms with Gasteiger partial charge in [0.2, 0.25) is 5.91 Å². The van der Waals surface area contributed by atoms with Gasteiger partial charge in [-0.25, -0.2) is 4.79 Å². The molecule has 0 aromatic heterocycles. The van der Waals surface area contributed by atoms with Gasteiger partial charge in [0.25, 0.3) is 0 Å². The van der Waals surface area contributed by atoms with Gasteiger partial charge in [-0.15, -0.1) is 13.2 Å². The standard InChI is InChI=1S/C20H20F3N3O3/c21-20(22,23)29-17-10-4-9-16(12-17)24-18(27)14-6-5-11-26(13-14)19(28)25-15-7-2-1-3-8-15/h1-4,7-10,12,14H,5-6,11,13H2,(H,24,27)(H,25,28). The predicted octanol–water partition coefficient (Wildman–Crippen LogP) is 4.47. The first-order chi connectivity index (χ1) is 13.8. The van der Waals surface area contributed by atoms with Crippen molar-refractivity contribution in [3.05, 3.63) is 54.6 Å². The van der Waals surface area contributed by atoms with Crippen LogP contribution >= 0.6 is 0 Å². The first-order valence-electron chi connectivity index (χ1n) is 9.08. The summed E-state index contributed by atoms with van der Waals surface area (Å²) in [6.45, 7) is 0.751. The summed E-state index contributed by atoms with van der Waals surface area (Å²) in [6.07, 6.45) is -3.57. The second kappa shape index (κ2) is 8.85. The van der Waals surface area contributed by atoms with Crippen molar-refractivity contribution >= 4 is 23.3 Å². The number of amides is 3. The number of ether oxygens (including phenoxy) is 1. The maximum absolute atomic E-state index is 12.6. The Morgan fingerprint density at radius 3 is 2.45 bits per heavy atom. The number of carbonyl (C=O) groups is 2. The number of carbonyl (C=O) groups excluding carboxylic acids is 2. The van der Waals surface area contributed by atoms with Crippen LogP contribution in [0.25, 0.3) is 0 Å². The van der Waals surface area contributed by atoms with Crippen molar-refractivity contribution in [2.24, 2.45) is 5.92 Å². The molecule has 1 heterocycles. The SMILES string of the molecule is O=C(Nc1cccc(OC(F)(F)F)c1)C1CCCN(C(=O)Nc2ccccc2)C1. The van der Waals surface area contributed by atoms with E-state index in [0.717, 1.165) is 12.1 Å². The Morgan fingerprint density at radius 2 is 1.72 bits per heavy atom. The van der Waals surface area contributed by atoms with E-state index in [2.05, 4.69) is 15.4 Å². The third-order valence-electron chi connectivity index (χ3n) is 4.44. The molecule has 1 atom stereocenters. The van der Waals surface area contributed by atoms with Crippen molar-refractivity contribution in [3.8, 4) is 5.75 Å². The third kappa shape index (κ3) is 6.13. The molecule has 1 unspecified atom stereocenters. The lowest BCUT2D eigenvalue weighted by molar-refractivity contribution is -0.274. The van der Waals surface area contributed by atoms with Crippen molar-refractivity contribution in [1.82, 2.24) is 4.90 Å². The number of benzene rings is 2. The molecular formula is C20H20F3N3O3. The minimum atomic E-state index is -4.81. The van der Waals surface area contributed by atoms with E-state index in [9.17, 15) is 22.8 Å². The summed E-state index contributed by atoms with van der Waals surface area (Å²) >= 11 is 0. The molecule has 0 saturated carbocycles. The molecule has 0 radical (unpaired) electrons. The van der Waals surface area contributed by atoms with Crippen molar-refractivity contribution in [1.29, 1.82) is 0 Å². The average molecular weight is 407 g/mol. The Hall–Kier alpha value is -3.23. The number of alkyl halides is 3. The topological polar surface area (TPSA) is 70.7 Å². The van der Waals surface area contributed by atoms with Crippen molar-refractivity contribution in [2.75, 3.05) is 23.7 Å². The van der Waals surface area contributed by atoms with Gasteiger partial charge in [0.15, 0.2) is 0 Å². The number of urea groups is 1. The molecule has 2 aromatic rings. The first-order valence-corrected chi connectivity index (χ1v) is 9.08. The summed E-state index contributed by atoms with van der Waals surface area (Å²) in [4.78, 5) is 26.5. The number of nitrogens with one attached hydrogen (secondary N) is 2. The Kier molecular flexibility index (Phi) is 6.26. The van der Waals surface area contributed by atoms with Crippen LogP contribution in [0.4, 0.5) is 29.3 Å². The number of piperidine rings is 1. The lowest BCUT2D eigenvalue weighted by Gasteiger charge is -2.32. The molecule has 1 aliphatic heterocycles. The van der Waals surface area contributed by atoms with Crippen LogP contribution in [0.3, 0.4) is 0 Å². The number of rotatable bonds is 4. The van der Waals surface area contributed by atoms with Crippen molar-refractivity contribution < 1.29 is 27.5 Å². The van der Waals surface area contributed by atoms with Crippen LogP contribution in [-0.4, -0.2) is 36.3 Å². The predicted molar refractivity (Wildman–Crippen MR) is 102 cm³/mol. The minimum absolute atomic E-state index is 0.197. The largest absolute Gasteiger partial charge is 0.573 e. The molecule has 3 rings (SSSR count). The quantitative estimate of drug-likeness (QED) is 0.786. The first kappa shape index (κ1) is 20.5. The summed E-state index contributed by atoms with van der Waals surface area (Å²) in [5.41, 5.74) is 0.855. The van der Waals surface area contributed by atoms with Crippen LogP contribution in [0.1, 0.15) is 12.8 Å². The van der Waals surface area contributed by atoms with E-state index in [-0.39, 0.29) is 24.2 Å². The molecular weight excluding hydrogens is 387 g/mol. The number of likely N-dealkylation sites (tertiary alicyclic amines) is 1. The third-order valence-corrected chi connectivity index (χ3v) is 4.44. The van der Waals surface area contributed by atoms with Crippen LogP contribution in [0.2, 0.25) is 0 Å². The zero-order valence-corrected chi connectivity index (χ0v) is 15.4. The molecule has 0 aliphatic carbocycles. The lowest BCUT2D eigenvalue weighted by atomic mass is 9.97. The molecule has 1 fully saturated rings. The van der Waals surface area contributed by atoms with Crippen LogP contribution in [0, 0.1) is 5.92 Å². The molecule has 29 heavy (non-hydrogen) atoms. The molecule has 154 valence electrons. The van der Waals surface area contributed by atoms with Gasteiger partial charge in [-0.05, 0) is 37.1 Å². The van der Waals surface area contributed by atoms with Gasteiger partial charge < -0.3 is 20.3 Å². The summed E-state index contributed by atoms with van der Waals surface area (Å²) < 4.78 is 40.9. The van der Waals surface area contributed by atoms with E-state index in [1.54, 1.807) is 29.2 Å². The summed E-state index contributed by atoms with van der Waals surface area (Å²) in [7, 11) is 0. The highest BCUT2D eigenvalue weighted by Gasteiger charge is 2.31. The van der Waals surface area contributed by atoms with Gasteiger partial charge in [-0.1, -0.05) is 24.3 Å². The number of anilines is 2. The fourth-order valence-corrected chi connectivity index (χ4v) is 3.11. The highest BCUT2D eigenvalue weighted by Crippen LogP contribution is 2.26. The second-order valence-corrected chi connectivity index (χ2v) is 6.65. The summed E-state index contributed by atoms with van der Waals surface area (Å²) in [6, 6.07) is 13.8. The molecule has 9 heteroatoms. The van der Waals surface area contributed by atoms with Gasteiger partial charge >= 0.3 is 12.4 Å². The van der Waals surface area contributed by atoms with E-state index in [0.29, 0.717) is 25.1 Å². The van der Waals surface area contributed by atoms with E-state index in [4.69, 9.17) is 0 Å². The van der Waals surface area contributed by atoms with E-state index < -0.39 is 18.0 Å². The monoisotopic (exact) mass is 407 g/mol. The molecule has 0 spiro atoms. The Bertz CT molecular complexity index is 859. The fraction of sp³-hybridized carbons (Fsp3) is 0.300. The minimum Gasteiger partial charge on any atom is -0.406 e. The molecule has 2 aromatic carbocycles. The summed E-state index contributed by atoms with van der Waals surface area (Å²) in [5.74, 6) is -1.23. The van der Waals surface area contributed by atoms with E-state index in [1.165, 1.54) is 12.1 Å². The molecule has 1 aliphatic rings. The normalized spacial score (nSPS) is 16.8. The zero-order chi connectivity index (χ0) is 20.9. The maximum atomic E-state index is 12.6. The zero-order valence-electron chi connectivity index (χ0n) is 15.4. The number of nitrogens with zero attached hydrogens (tertiary/aromatic N) is 1. The van der Waals surface area contributed by atoms with Crippen molar-refractivity contribution in [3.63, 3.8) is 0 Å². The second-order valence-electron chi connectivity index (χ2n) is 6.65. The van der Waals surface area contributed by atoms with Crippen LogP contribution in [-0.2, 0) is 4.79 Å². The summed E-state index contributed by atoms with van der Waals surface area (Å²) in [5, 5.41) is 5.38. The molecule has 2 N–H and O–H groups in total. The van der Waals surface area contributed by atoms with E-state index >= 15 is 0 Å². The smallest absolute Gasteiger partial charge is 0.406 e. The van der Waals surface area contributed by atoms with Gasteiger partial charge in [-0.3, -0.25) is 4.79 Å². The van der Waals surface area contributed by atoms with Gasteiger partial charge in [0.1, 0.15) is 5.75 Å². The number of hydrogen-bond donors (Lipinski definition) is 2. The van der Waals surface area contributed by atoms with Gasteiger partial charge in [-0.2, -0.15) is 0 Å². The maximum Gasteiger partial charge on any atom is 0.573 e. The van der Waals surface area contributed by atoms with Crippen LogP contribution < -0.4 is 15.4 Å². The lowest BCUT2D eigenvalue weighted by Crippen LogP contribution is -2.45. The molecule has 3 amide bonds. The Balaban J connectivity index is 1.58. The Morgan fingerprint density at radius 1 is 1.00 bits per heavy atom. The highest BCUT2D eigenvalue weighted by atomic mass is 19.4.